The fourth-order valence-electron chi connectivity index (χ4n) is 2.38. The van der Waals surface area contributed by atoms with Crippen molar-refractivity contribution >= 4 is 37.6 Å². The third-order valence-electron chi connectivity index (χ3n) is 3.80. The van der Waals surface area contributed by atoms with Gasteiger partial charge in [0.25, 0.3) is 0 Å². The fraction of sp³-hybridized carbons (Fsp3) is 0.533. The summed E-state index contributed by atoms with van der Waals surface area (Å²) in [6.45, 7) is 1.18. The SMILES string of the molecule is O=C(CCNS(=O)(=O)c1cccc(Cl)c1)NCCS(=O)(=O)N1CCOCC1. The van der Waals surface area contributed by atoms with Crippen molar-refractivity contribution in [2.75, 3.05) is 45.1 Å². The van der Waals surface area contributed by atoms with Crippen molar-refractivity contribution in [3.05, 3.63) is 29.3 Å². The van der Waals surface area contributed by atoms with Gasteiger partial charge in [0.1, 0.15) is 0 Å². The highest BCUT2D eigenvalue weighted by molar-refractivity contribution is 7.89. The number of carbonyl (C=O) groups is 1. The summed E-state index contributed by atoms with van der Waals surface area (Å²) in [6.07, 6.45) is -0.114. The van der Waals surface area contributed by atoms with Crippen LogP contribution in [0.3, 0.4) is 0 Å². The van der Waals surface area contributed by atoms with E-state index >= 15 is 0 Å². The summed E-state index contributed by atoms with van der Waals surface area (Å²) >= 11 is 5.77. The molecule has 0 saturated carbocycles. The third kappa shape index (κ3) is 7.01. The van der Waals surface area contributed by atoms with Gasteiger partial charge in [-0.05, 0) is 18.2 Å². The molecule has 0 spiro atoms. The molecule has 2 N–H and O–H groups in total. The smallest absolute Gasteiger partial charge is 0.240 e. The number of hydrogen-bond acceptors (Lipinski definition) is 6. The Morgan fingerprint density at radius 1 is 1.15 bits per heavy atom. The van der Waals surface area contributed by atoms with Gasteiger partial charge in [-0.15, -0.1) is 0 Å². The average Bonchev–Trinajstić information content (AvgIpc) is 2.62. The molecule has 152 valence electrons. The molecule has 0 unspecified atom stereocenters. The Hall–Kier alpha value is -1.24. The second-order valence-corrected chi connectivity index (χ2v) is 10.1. The topological polar surface area (TPSA) is 122 Å². The Bertz CT molecular complexity index is 854. The lowest BCUT2D eigenvalue weighted by Gasteiger charge is -2.26. The first kappa shape index (κ1) is 22.1. The second kappa shape index (κ2) is 9.80. The van der Waals surface area contributed by atoms with E-state index in [9.17, 15) is 21.6 Å². The van der Waals surface area contributed by atoms with Crippen LogP contribution in [0.15, 0.2) is 29.2 Å². The lowest BCUT2D eigenvalue weighted by Crippen LogP contribution is -2.44. The van der Waals surface area contributed by atoms with Crippen LogP contribution in [0.5, 0.6) is 0 Å². The number of halogens is 1. The maximum Gasteiger partial charge on any atom is 0.240 e. The van der Waals surface area contributed by atoms with Gasteiger partial charge < -0.3 is 10.1 Å². The van der Waals surface area contributed by atoms with Gasteiger partial charge in [-0.1, -0.05) is 17.7 Å². The second-order valence-electron chi connectivity index (χ2n) is 5.78. The number of carbonyl (C=O) groups excluding carboxylic acids is 1. The molecule has 1 amide bonds. The van der Waals surface area contributed by atoms with Crippen molar-refractivity contribution in [3.8, 4) is 0 Å². The Balaban J connectivity index is 1.71. The zero-order valence-electron chi connectivity index (χ0n) is 14.6. The van der Waals surface area contributed by atoms with Gasteiger partial charge in [-0.3, -0.25) is 4.79 Å². The molecule has 1 aromatic carbocycles. The van der Waals surface area contributed by atoms with Crippen molar-refractivity contribution in [2.24, 2.45) is 0 Å². The predicted molar refractivity (Wildman–Crippen MR) is 100 cm³/mol. The van der Waals surface area contributed by atoms with Gasteiger partial charge in [0, 0.05) is 37.6 Å². The summed E-state index contributed by atoms with van der Waals surface area (Å²) in [5.41, 5.74) is 0. The van der Waals surface area contributed by atoms with Gasteiger partial charge in [0.2, 0.25) is 26.0 Å². The van der Waals surface area contributed by atoms with Crippen LogP contribution in [0.25, 0.3) is 0 Å². The van der Waals surface area contributed by atoms with Crippen LogP contribution in [-0.2, 0) is 29.6 Å². The summed E-state index contributed by atoms with van der Waals surface area (Å²) in [4.78, 5) is 11.8. The quantitative estimate of drug-likeness (QED) is 0.549. The number of nitrogens with zero attached hydrogens (tertiary/aromatic N) is 1. The largest absolute Gasteiger partial charge is 0.379 e. The number of sulfonamides is 2. The first-order valence-electron chi connectivity index (χ1n) is 8.28. The molecule has 0 aliphatic carbocycles. The maximum absolute atomic E-state index is 12.1. The van der Waals surface area contributed by atoms with E-state index in [4.69, 9.17) is 16.3 Å². The Morgan fingerprint density at radius 2 is 1.85 bits per heavy atom. The van der Waals surface area contributed by atoms with Crippen LogP contribution in [0.2, 0.25) is 5.02 Å². The van der Waals surface area contributed by atoms with E-state index in [1.807, 2.05) is 0 Å². The Morgan fingerprint density at radius 3 is 2.52 bits per heavy atom. The van der Waals surface area contributed by atoms with E-state index < -0.39 is 26.0 Å². The molecule has 1 aliphatic heterocycles. The number of morpholine rings is 1. The number of benzene rings is 1. The Kier molecular flexibility index (Phi) is 8.01. The third-order valence-corrected chi connectivity index (χ3v) is 7.36. The molecule has 1 aromatic rings. The van der Waals surface area contributed by atoms with Crippen molar-refractivity contribution < 1.29 is 26.4 Å². The highest BCUT2D eigenvalue weighted by Crippen LogP contribution is 2.15. The van der Waals surface area contributed by atoms with Crippen LogP contribution in [0.4, 0.5) is 0 Å². The predicted octanol–water partition coefficient (Wildman–Crippen LogP) is -0.213. The summed E-state index contributed by atoms with van der Waals surface area (Å²) in [5.74, 6) is -0.659. The maximum atomic E-state index is 12.1. The standard InChI is InChI=1S/C15H22ClN3O6S2/c16-13-2-1-3-14(12-13)27(23,24)18-5-4-15(20)17-6-11-26(21,22)19-7-9-25-10-8-19/h1-3,12,18H,4-11H2,(H,17,20). The molecule has 0 bridgehead atoms. The van der Waals surface area contributed by atoms with Crippen LogP contribution < -0.4 is 10.0 Å². The number of rotatable bonds is 9. The van der Waals surface area contributed by atoms with E-state index in [0.717, 1.165) is 0 Å². The lowest BCUT2D eigenvalue weighted by atomic mass is 10.4. The van der Waals surface area contributed by atoms with Gasteiger partial charge >= 0.3 is 0 Å². The number of nitrogens with one attached hydrogen (secondary N) is 2. The molecular formula is C15H22ClN3O6S2. The van der Waals surface area contributed by atoms with Crippen molar-refractivity contribution in [2.45, 2.75) is 11.3 Å². The summed E-state index contributed by atoms with van der Waals surface area (Å²) in [6, 6.07) is 5.77. The molecule has 0 aromatic heterocycles. The van der Waals surface area contributed by atoms with Crippen LogP contribution >= 0.6 is 11.6 Å². The normalized spacial score (nSPS) is 16.2. The average molecular weight is 440 g/mol. The molecule has 1 aliphatic rings. The fourth-order valence-corrected chi connectivity index (χ4v) is 5.03. The lowest BCUT2D eigenvalue weighted by molar-refractivity contribution is -0.120. The highest BCUT2D eigenvalue weighted by atomic mass is 35.5. The molecule has 1 fully saturated rings. The number of amides is 1. The van der Waals surface area contributed by atoms with E-state index in [1.165, 1.54) is 22.5 Å². The van der Waals surface area contributed by atoms with Gasteiger partial charge in [-0.25, -0.2) is 21.6 Å². The minimum atomic E-state index is -3.77. The molecular weight excluding hydrogens is 418 g/mol. The number of hydrogen-bond donors (Lipinski definition) is 2. The molecule has 0 atom stereocenters. The van der Waals surface area contributed by atoms with E-state index in [2.05, 4.69) is 10.0 Å². The first-order valence-corrected chi connectivity index (χ1v) is 11.8. The van der Waals surface area contributed by atoms with Gasteiger partial charge in [0.15, 0.2) is 0 Å². The summed E-state index contributed by atoms with van der Waals surface area (Å²) < 4.78 is 57.2. The minimum absolute atomic E-state index is 0.00649. The molecule has 12 heteroatoms. The van der Waals surface area contributed by atoms with E-state index in [1.54, 1.807) is 6.07 Å². The molecule has 9 nitrogen and oxygen atoms in total. The van der Waals surface area contributed by atoms with Crippen LogP contribution in [0, 0.1) is 0 Å². The van der Waals surface area contributed by atoms with Crippen molar-refractivity contribution in [3.63, 3.8) is 0 Å². The molecule has 0 radical (unpaired) electrons. The number of ether oxygens (including phenoxy) is 1. The summed E-state index contributed by atoms with van der Waals surface area (Å²) in [7, 11) is -7.21. The molecule has 27 heavy (non-hydrogen) atoms. The van der Waals surface area contributed by atoms with E-state index in [0.29, 0.717) is 26.3 Å². The zero-order valence-corrected chi connectivity index (χ0v) is 16.9. The van der Waals surface area contributed by atoms with Crippen LogP contribution in [0.1, 0.15) is 6.42 Å². The first-order chi connectivity index (χ1) is 12.7. The Labute approximate surface area is 164 Å². The van der Waals surface area contributed by atoms with Crippen molar-refractivity contribution in [1.82, 2.24) is 14.3 Å². The van der Waals surface area contributed by atoms with E-state index in [-0.39, 0.29) is 35.2 Å². The van der Waals surface area contributed by atoms with Gasteiger partial charge in [-0.2, -0.15) is 4.31 Å². The monoisotopic (exact) mass is 439 g/mol. The van der Waals surface area contributed by atoms with Gasteiger partial charge in [0.05, 0.1) is 23.9 Å². The minimum Gasteiger partial charge on any atom is -0.379 e. The van der Waals surface area contributed by atoms with Crippen LogP contribution in [-0.4, -0.2) is 72.2 Å². The van der Waals surface area contributed by atoms with Crippen molar-refractivity contribution in [1.29, 1.82) is 0 Å². The molecule has 1 heterocycles. The summed E-state index contributed by atoms with van der Waals surface area (Å²) in [5, 5.41) is 2.77. The molecule has 1 saturated heterocycles. The zero-order chi connectivity index (χ0) is 19.9. The highest BCUT2D eigenvalue weighted by Gasteiger charge is 2.24. The molecule has 2 rings (SSSR count).